The Kier molecular flexibility index (Phi) is 186. The molecule has 0 aromatic heterocycles. The molecule has 7 heavy (non-hydrogen) atoms. The van der Waals surface area contributed by atoms with Crippen LogP contribution in [0.4, 0.5) is 0 Å². The summed E-state index contributed by atoms with van der Waals surface area (Å²) in [6, 6.07) is 0. The van der Waals surface area contributed by atoms with Gasteiger partial charge in [0, 0.05) is 65.4 Å². The first-order valence-electron chi connectivity index (χ1n) is 0.878. The minimum absolute atomic E-state index is 0. The first-order valence-corrected chi connectivity index (χ1v) is 0.878. The van der Waals surface area contributed by atoms with Crippen molar-refractivity contribution in [2.75, 3.05) is 0 Å². The van der Waals surface area contributed by atoms with Crippen LogP contribution in [0.5, 0.6) is 0 Å². The van der Waals surface area contributed by atoms with Gasteiger partial charge in [0.25, 0.3) is 0 Å². The van der Waals surface area contributed by atoms with Gasteiger partial charge in [-0.3, -0.25) is 6.79 Å². The molecule has 0 aliphatic carbocycles. The molecular formula is C4H4OY2-2. The predicted octanol–water partition coefficient (Wildman–Crippen LogP) is 0.175. The number of hydrogen-bond donors (Lipinski definition) is 0. The Hall–Kier alpha value is 1.31. The van der Waals surface area contributed by atoms with Gasteiger partial charge < -0.3 is 17.1 Å². The van der Waals surface area contributed by atoms with E-state index in [0.29, 0.717) is 0 Å². The first-order chi connectivity index (χ1) is 2.41. The SMILES string of the molecule is C#C[CH2-].[CH-]=O.[Y].[Y]. The van der Waals surface area contributed by atoms with Gasteiger partial charge in [0.1, 0.15) is 0 Å². The van der Waals surface area contributed by atoms with Crippen molar-refractivity contribution in [3.8, 4) is 12.3 Å². The molecule has 0 heterocycles. The van der Waals surface area contributed by atoms with Gasteiger partial charge in [-0.1, -0.05) is 0 Å². The van der Waals surface area contributed by atoms with Crippen LogP contribution in [0.3, 0.4) is 0 Å². The number of rotatable bonds is 0. The molecule has 0 unspecified atom stereocenters. The second kappa shape index (κ2) is 54.6. The van der Waals surface area contributed by atoms with Crippen LogP contribution in [0, 0.1) is 19.3 Å². The fourth-order valence-electron chi connectivity index (χ4n) is 0. The predicted molar refractivity (Wildman–Crippen MR) is 20.9 cm³/mol. The topological polar surface area (TPSA) is 17.1 Å². The summed E-state index contributed by atoms with van der Waals surface area (Å²) in [4.78, 5) is 7.75. The molecule has 0 aromatic carbocycles. The van der Waals surface area contributed by atoms with Crippen molar-refractivity contribution in [1.29, 1.82) is 0 Å². The van der Waals surface area contributed by atoms with Crippen LogP contribution in [-0.2, 0) is 70.2 Å². The molecule has 0 saturated heterocycles. The molecule has 0 N–H and O–H groups in total. The molecule has 0 amide bonds. The van der Waals surface area contributed by atoms with Gasteiger partial charge in [-0.2, -0.15) is 6.92 Å². The number of terminal acetylenes is 1. The Labute approximate surface area is 94.8 Å². The van der Waals surface area contributed by atoms with Crippen molar-refractivity contribution < 1.29 is 70.2 Å². The maximum atomic E-state index is 7.75. The molecular weight excluding hydrogens is 242 g/mol. The van der Waals surface area contributed by atoms with Gasteiger partial charge in [0.2, 0.25) is 0 Å². The minimum atomic E-state index is 0. The second-order valence-electron chi connectivity index (χ2n) is 0.204. The zero-order valence-electron chi connectivity index (χ0n) is 3.92. The van der Waals surface area contributed by atoms with E-state index in [1.807, 2.05) is 5.92 Å². The van der Waals surface area contributed by atoms with Gasteiger partial charge in [-0.25, -0.2) is 0 Å². The third-order valence-corrected chi connectivity index (χ3v) is 0. The van der Waals surface area contributed by atoms with Crippen LogP contribution >= 0.6 is 0 Å². The van der Waals surface area contributed by atoms with Crippen LogP contribution in [0.15, 0.2) is 0 Å². The van der Waals surface area contributed by atoms with Crippen molar-refractivity contribution in [3.05, 3.63) is 6.92 Å². The van der Waals surface area contributed by atoms with Gasteiger partial charge in [0.15, 0.2) is 0 Å². The third-order valence-electron chi connectivity index (χ3n) is 0. The summed E-state index contributed by atoms with van der Waals surface area (Å²) in [5.74, 6) is 2.00. The molecule has 0 fully saturated rings. The fourth-order valence-corrected chi connectivity index (χ4v) is 0. The molecule has 0 bridgehead atoms. The number of carbonyl (C=O) groups excluding carboxylic acids is 1. The number of hydrogen-bond acceptors (Lipinski definition) is 1. The van der Waals surface area contributed by atoms with Gasteiger partial charge in [-0.05, 0) is 0 Å². The molecule has 0 spiro atoms. The Morgan fingerprint density at radius 3 is 1.43 bits per heavy atom. The second-order valence-corrected chi connectivity index (χ2v) is 0.204. The quantitative estimate of drug-likeness (QED) is 0.338. The van der Waals surface area contributed by atoms with Crippen LogP contribution in [-0.4, -0.2) is 6.79 Å². The zero-order valence-corrected chi connectivity index (χ0v) is 9.60. The maximum Gasteiger partial charge on any atom is 0 e. The van der Waals surface area contributed by atoms with Crippen molar-refractivity contribution in [2.45, 2.75) is 0 Å². The summed E-state index contributed by atoms with van der Waals surface area (Å²) in [5, 5.41) is 0. The van der Waals surface area contributed by atoms with E-state index in [9.17, 15) is 0 Å². The van der Waals surface area contributed by atoms with Gasteiger partial charge in [-0.15, -0.1) is 0 Å². The summed E-state index contributed by atoms with van der Waals surface area (Å²) in [7, 11) is 0. The average molecular weight is 246 g/mol. The zero-order chi connectivity index (χ0) is 4.71. The van der Waals surface area contributed by atoms with Crippen molar-refractivity contribution in [2.24, 2.45) is 0 Å². The molecule has 0 aliphatic heterocycles. The van der Waals surface area contributed by atoms with Crippen LogP contribution < -0.4 is 0 Å². The van der Waals surface area contributed by atoms with E-state index >= 15 is 0 Å². The van der Waals surface area contributed by atoms with E-state index in [1.54, 1.807) is 0 Å². The van der Waals surface area contributed by atoms with Crippen LogP contribution in [0.1, 0.15) is 0 Å². The Balaban J connectivity index is -0.0000000105. The Morgan fingerprint density at radius 2 is 1.43 bits per heavy atom. The summed E-state index contributed by atoms with van der Waals surface area (Å²) >= 11 is 0. The molecule has 3 heteroatoms. The third kappa shape index (κ3) is 120. The Bertz CT molecular complexity index is 39.4. The minimum Gasteiger partial charge on any atom is -0.545 e. The van der Waals surface area contributed by atoms with E-state index in [2.05, 4.69) is 20.1 Å². The van der Waals surface area contributed by atoms with Crippen LogP contribution in [0.2, 0.25) is 0 Å². The van der Waals surface area contributed by atoms with E-state index < -0.39 is 0 Å². The van der Waals surface area contributed by atoms with Crippen molar-refractivity contribution >= 4 is 6.79 Å². The van der Waals surface area contributed by atoms with E-state index in [1.165, 1.54) is 0 Å². The molecule has 0 rings (SSSR count). The van der Waals surface area contributed by atoms with Gasteiger partial charge >= 0.3 is 0 Å². The molecule has 2 radical (unpaired) electrons. The van der Waals surface area contributed by atoms with Gasteiger partial charge in [0.05, 0.1) is 0 Å². The Morgan fingerprint density at radius 1 is 1.43 bits per heavy atom. The largest absolute Gasteiger partial charge is 0.545 e. The summed E-state index contributed by atoms with van der Waals surface area (Å²) < 4.78 is 0. The fraction of sp³-hybridized carbons (Fsp3) is 0. The molecule has 1 nitrogen and oxygen atoms in total. The normalized spacial score (nSPS) is 1.57. The molecule has 0 atom stereocenters. The van der Waals surface area contributed by atoms with E-state index in [0.717, 1.165) is 0 Å². The van der Waals surface area contributed by atoms with E-state index in [4.69, 9.17) is 4.79 Å². The molecule has 0 aromatic rings. The van der Waals surface area contributed by atoms with Crippen LogP contribution in [0.25, 0.3) is 0 Å². The van der Waals surface area contributed by atoms with Crippen molar-refractivity contribution in [3.63, 3.8) is 0 Å². The smallest absolute Gasteiger partial charge is 0 e. The summed E-state index contributed by atoms with van der Waals surface area (Å²) in [5.41, 5.74) is 0. The molecule has 0 aliphatic rings. The average Bonchev–Trinajstić information content (AvgIpc) is 1.46. The molecule has 0 saturated carbocycles. The summed E-state index contributed by atoms with van der Waals surface area (Å²) in [6.07, 6.45) is 4.49. The maximum absolute atomic E-state index is 7.75. The first kappa shape index (κ1) is 23.9. The monoisotopic (exact) mass is 246 g/mol. The summed E-state index contributed by atoms with van der Waals surface area (Å²) in [6.45, 7) is 6.26. The van der Waals surface area contributed by atoms with E-state index in [-0.39, 0.29) is 65.4 Å². The molecule has 34 valence electrons. The standard InChI is InChI=1S/C3H3.CHO.2Y/c1-3-2;1-2;;/h1H,2H2;1H;;/q2*-1;;. The van der Waals surface area contributed by atoms with Crippen molar-refractivity contribution in [1.82, 2.24) is 0 Å².